The molecule has 1 aromatic rings. The fraction of sp³-hybridized carbons (Fsp3) is 0.615. The van der Waals surface area contributed by atoms with Crippen molar-refractivity contribution >= 4 is 23.3 Å². The molecule has 6 nitrogen and oxygen atoms in total. The quantitative estimate of drug-likeness (QED) is 0.809. The van der Waals surface area contributed by atoms with Crippen molar-refractivity contribution < 1.29 is 14.7 Å². The molecule has 0 aliphatic heterocycles. The van der Waals surface area contributed by atoms with Crippen LogP contribution in [0.15, 0.2) is 5.38 Å². The van der Waals surface area contributed by atoms with E-state index in [9.17, 15) is 9.59 Å². The zero-order valence-corrected chi connectivity index (χ0v) is 12.9. The lowest BCUT2D eigenvalue weighted by molar-refractivity contribution is -0.137. The van der Waals surface area contributed by atoms with Crippen molar-refractivity contribution in [3.63, 3.8) is 0 Å². The summed E-state index contributed by atoms with van der Waals surface area (Å²) in [5, 5.41) is 14.3. The number of carboxylic acids is 1. The Hall–Kier alpha value is -1.63. The van der Waals surface area contributed by atoms with Crippen LogP contribution in [0, 0.1) is 6.92 Å². The molecule has 0 fully saturated rings. The molecular weight excluding hydrogens is 278 g/mol. The third-order valence-electron chi connectivity index (χ3n) is 2.76. The molecule has 0 atom stereocenters. The van der Waals surface area contributed by atoms with E-state index in [-0.39, 0.29) is 18.5 Å². The van der Waals surface area contributed by atoms with Crippen molar-refractivity contribution in [3.05, 3.63) is 16.1 Å². The SMILES string of the molecule is Cc1nc(CNC(=O)N(CCCC(=O)O)C(C)C)cs1. The van der Waals surface area contributed by atoms with Crippen LogP contribution in [-0.4, -0.2) is 39.6 Å². The fourth-order valence-corrected chi connectivity index (χ4v) is 2.36. The Labute approximate surface area is 122 Å². The number of aryl methyl sites for hydroxylation is 1. The molecule has 2 amide bonds. The third-order valence-corrected chi connectivity index (χ3v) is 3.58. The van der Waals surface area contributed by atoms with Crippen LogP contribution in [0.4, 0.5) is 4.79 Å². The van der Waals surface area contributed by atoms with Crippen LogP contribution >= 0.6 is 11.3 Å². The average molecular weight is 299 g/mol. The molecule has 0 spiro atoms. The maximum Gasteiger partial charge on any atom is 0.317 e. The second-order valence-corrected chi connectivity index (χ2v) is 5.86. The molecule has 1 rings (SSSR count). The number of carbonyl (C=O) groups excluding carboxylic acids is 1. The van der Waals surface area contributed by atoms with Crippen LogP contribution in [0.3, 0.4) is 0 Å². The number of amides is 2. The molecule has 112 valence electrons. The molecule has 0 aromatic carbocycles. The van der Waals surface area contributed by atoms with Gasteiger partial charge in [0, 0.05) is 24.4 Å². The number of thiazole rings is 1. The lowest BCUT2D eigenvalue weighted by Gasteiger charge is -2.26. The van der Waals surface area contributed by atoms with Crippen molar-refractivity contribution in [2.45, 2.75) is 46.2 Å². The van der Waals surface area contributed by atoms with Crippen LogP contribution in [0.5, 0.6) is 0 Å². The van der Waals surface area contributed by atoms with Crippen molar-refractivity contribution in [3.8, 4) is 0 Å². The number of carboxylic acid groups (broad SMARTS) is 1. The molecule has 1 heterocycles. The molecule has 0 saturated carbocycles. The summed E-state index contributed by atoms with van der Waals surface area (Å²) in [4.78, 5) is 28.5. The molecule has 2 N–H and O–H groups in total. The number of rotatable bonds is 7. The molecule has 0 radical (unpaired) electrons. The van der Waals surface area contributed by atoms with E-state index in [2.05, 4.69) is 10.3 Å². The van der Waals surface area contributed by atoms with Gasteiger partial charge in [-0.05, 0) is 27.2 Å². The second kappa shape index (κ2) is 7.84. The summed E-state index contributed by atoms with van der Waals surface area (Å²) >= 11 is 1.55. The molecule has 0 saturated heterocycles. The minimum Gasteiger partial charge on any atom is -0.481 e. The summed E-state index contributed by atoms with van der Waals surface area (Å²) in [6.45, 7) is 6.57. The number of nitrogens with zero attached hydrogens (tertiary/aromatic N) is 2. The van der Waals surface area contributed by atoms with E-state index in [0.717, 1.165) is 10.7 Å². The summed E-state index contributed by atoms with van der Waals surface area (Å²) in [5.74, 6) is -0.841. The van der Waals surface area contributed by atoms with Gasteiger partial charge >= 0.3 is 12.0 Å². The van der Waals surface area contributed by atoms with Gasteiger partial charge in [-0.25, -0.2) is 9.78 Å². The van der Waals surface area contributed by atoms with Gasteiger partial charge in [0.05, 0.1) is 17.2 Å². The van der Waals surface area contributed by atoms with Crippen LogP contribution < -0.4 is 5.32 Å². The average Bonchev–Trinajstić information content (AvgIpc) is 2.77. The minimum atomic E-state index is -0.841. The van der Waals surface area contributed by atoms with Gasteiger partial charge in [-0.2, -0.15) is 0 Å². The van der Waals surface area contributed by atoms with Gasteiger partial charge in [0.2, 0.25) is 0 Å². The predicted octanol–water partition coefficient (Wildman–Crippen LogP) is 2.24. The van der Waals surface area contributed by atoms with Crippen LogP contribution in [0.2, 0.25) is 0 Å². The van der Waals surface area contributed by atoms with E-state index in [0.29, 0.717) is 19.5 Å². The van der Waals surface area contributed by atoms with Gasteiger partial charge in [0.15, 0.2) is 0 Å². The first kappa shape index (κ1) is 16.4. The Balaban J connectivity index is 2.45. The summed E-state index contributed by atoms with van der Waals surface area (Å²) in [5.41, 5.74) is 0.843. The van der Waals surface area contributed by atoms with Crippen molar-refractivity contribution in [2.75, 3.05) is 6.54 Å². The molecular formula is C13H21N3O3S. The van der Waals surface area contributed by atoms with E-state index in [1.54, 1.807) is 16.2 Å². The summed E-state index contributed by atoms with van der Waals surface area (Å²) in [6, 6.07) is -0.156. The van der Waals surface area contributed by atoms with Crippen molar-refractivity contribution in [1.29, 1.82) is 0 Å². The number of hydrogen-bond donors (Lipinski definition) is 2. The highest BCUT2D eigenvalue weighted by Gasteiger charge is 2.16. The number of hydrogen-bond acceptors (Lipinski definition) is 4. The molecule has 0 bridgehead atoms. The lowest BCUT2D eigenvalue weighted by atomic mass is 10.2. The van der Waals surface area contributed by atoms with Gasteiger partial charge in [0.25, 0.3) is 0 Å². The highest BCUT2D eigenvalue weighted by Crippen LogP contribution is 2.08. The Morgan fingerprint density at radius 1 is 1.50 bits per heavy atom. The Morgan fingerprint density at radius 2 is 2.20 bits per heavy atom. The van der Waals surface area contributed by atoms with Crippen LogP contribution in [-0.2, 0) is 11.3 Å². The van der Waals surface area contributed by atoms with E-state index >= 15 is 0 Å². The van der Waals surface area contributed by atoms with Gasteiger partial charge in [0.1, 0.15) is 0 Å². The van der Waals surface area contributed by atoms with Gasteiger partial charge in [-0.15, -0.1) is 11.3 Å². The fourth-order valence-electron chi connectivity index (χ4n) is 1.75. The number of aliphatic carboxylic acids is 1. The largest absolute Gasteiger partial charge is 0.481 e. The summed E-state index contributed by atoms with van der Waals surface area (Å²) in [6.07, 6.45) is 0.526. The number of aromatic nitrogens is 1. The van der Waals surface area contributed by atoms with Crippen molar-refractivity contribution in [2.24, 2.45) is 0 Å². The first-order chi connectivity index (χ1) is 9.40. The molecule has 0 unspecified atom stereocenters. The van der Waals surface area contributed by atoms with Gasteiger partial charge in [-0.1, -0.05) is 0 Å². The predicted molar refractivity (Wildman–Crippen MR) is 77.8 cm³/mol. The monoisotopic (exact) mass is 299 g/mol. The van der Waals surface area contributed by atoms with Crippen LogP contribution in [0.25, 0.3) is 0 Å². The second-order valence-electron chi connectivity index (χ2n) is 4.80. The topological polar surface area (TPSA) is 82.5 Å². The number of urea groups is 1. The highest BCUT2D eigenvalue weighted by atomic mass is 32.1. The molecule has 1 aromatic heterocycles. The van der Waals surface area contributed by atoms with Gasteiger partial charge in [-0.3, -0.25) is 4.79 Å². The summed E-state index contributed by atoms with van der Waals surface area (Å²) < 4.78 is 0. The highest BCUT2D eigenvalue weighted by molar-refractivity contribution is 7.09. The number of carbonyl (C=O) groups is 2. The first-order valence-electron chi connectivity index (χ1n) is 6.57. The minimum absolute atomic E-state index is 0.0287. The normalized spacial score (nSPS) is 10.6. The Kier molecular flexibility index (Phi) is 6.44. The van der Waals surface area contributed by atoms with Gasteiger partial charge < -0.3 is 15.3 Å². The molecule has 7 heteroatoms. The molecule has 0 aliphatic rings. The van der Waals surface area contributed by atoms with E-state index < -0.39 is 5.97 Å². The molecule has 0 aliphatic carbocycles. The van der Waals surface area contributed by atoms with Crippen LogP contribution in [0.1, 0.15) is 37.4 Å². The Bertz CT molecular complexity index is 459. The summed E-state index contributed by atoms with van der Waals surface area (Å²) in [7, 11) is 0. The zero-order chi connectivity index (χ0) is 15.1. The maximum absolute atomic E-state index is 12.1. The zero-order valence-electron chi connectivity index (χ0n) is 12.0. The van der Waals surface area contributed by atoms with E-state index in [4.69, 9.17) is 5.11 Å². The first-order valence-corrected chi connectivity index (χ1v) is 7.45. The van der Waals surface area contributed by atoms with E-state index in [1.807, 2.05) is 26.2 Å². The molecule has 20 heavy (non-hydrogen) atoms. The third kappa shape index (κ3) is 5.56. The van der Waals surface area contributed by atoms with E-state index in [1.165, 1.54) is 0 Å². The standard InChI is InChI=1S/C13H21N3O3S/c1-9(2)16(6-4-5-12(17)18)13(19)14-7-11-8-20-10(3)15-11/h8-9H,4-7H2,1-3H3,(H,14,19)(H,17,18). The lowest BCUT2D eigenvalue weighted by Crippen LogP contribution is -2.44. The smallest absolute Gasteiger partial charge is 0.317 e. The maximum atomic E-state index is 12.1. The Morgan fingerprint density at radius 3 is 2.70 bits per heavy atom. The number of nitrogens with one attached hydrogen (secondary N) is 1. The van der Waals surface area contributed by atoms with Crippen molar-refractivity contribution in [1.82, 2.24) is 15.2 Å².